The van der Waals surface area contributed by atoms with Crippen LogP contribution < -0.4 is 4.72 Å². The molecule has 1 aliphatic carbocycles. The van der Waals surface area contributed by atoms with Crippen LogP contribution >= 0.6 is 0 Å². The number of nitrogens with zero attached hydrogens (tertiary/aromatic N) is 1. The summed E-state index contributed by atoms with van der Waals surface area (Å²) in [5.41, 5.74) is 3.06. The molecule has 1 N–H and O–H groups in total. The van der Waals surface area contributed by atoms with Crippen LogP contribution in [0.2, 0.25) is 0 Å². The molecule has 2 aromatic rings. The fourth-order valence-corrected chi connectivity index (χ4v) is 4.49. The standard InChI is InChI=1S/C17H22N2O3S/c1-12(2)17-9-13(15-5-3-4-6-16(15)17)10-18-23(20,21)11-14-7-8-22-19-14/h3-8,12-13,17-18H,9-11H2,1-2H3/t13-,17-/m0/s1. The Labute approximate surface area is 137 Å². The summed E-state index contributed by atoms with van der Waals surface area (Å²) in [6.07, 6.45) is 2.37. The number of hydrogen-bond acceptors (Lipinski definition) is 4. The van der Waals surface area contributed by atoms with Crippen LogP contribution in [0.4, 0.5) is 0 Å². The molecule has 0 spiro atoms. The average Bonchev–Trinajstić information content (AvgIpc) is 3.12. The Bertz CT molecular complexity index is 754. The largest absolute Gasteiger partial charge is 0.364 e. The second-order valence-electron chi connectivity index (χ2n) is 6.51. The molecule has 0 amide bonds. The first kappa shape index (κ1) is 16.2. The molecule has 0 fully saturated rings. The Morgan fingerprint density at radius 3 is 2.65 bits per heavy atom. The van der Waals surface area contributed by atoms with E-state index in [9.17, 15) is 8.42 Å². The van der Waals surface area contributed by atoms with E-state index in [1.165, 1.54) is 17.4 Å². The van der Waals surface area contributed by atoms with Gasteiger partial charge in [-0.1, -0.05) is 43.3 Å². The molecule has 23 heavy (non-hydrogen) atoms. The molecule has 3 rings (SSSR count). The van der Waals surface area contributed by atoms with Gasteiger partial charge >= 0.3 is 0 Å². The molecule has 0 unspecified atom stereocenters. The predicted octanol–water partition coefficient (Wildman–Crippen LogP) is 3.02. The van der Waals surface area contributed by atoms with E-state index < -0.39 is 10.0 Å². The van der Waals surface area contributed by atoms with Crippen molar-refractivity contribution in [2.24, 2.45) is 5.92 Å². The van der Waals surface area contributed by atoms with Crippen molar-refractivity contribution >= 4 is 10.0 Å². The van der Waals surface area contributed by atoms with E-state index in [1.807, 2.05) is 6.07 Å². The smallest absolute Gasteiger partial charge is 0.217 e. The second kappa shape index (κ2) is 6.45. The number of aromatic nitrogens is 1. The van der Waals surface area contributed by atoms with E-state index in [0.717, 1.165) is 6.42 Å². The number of rotatable bonds is 6. The van der Waals surface area contributed by atoms with Crippen molar-refractivity contribution in [3.05, 3.63) is 53.4 Å². The van der Waals surface area contributed by atoms with Gasteiger partial charge in [-0.15, -0.1) is 0 Å². The van der Waals surface area contributed by atoms with Gasteiger partial charge in [0.15, 0.2) is 0 Å². The van der Waals surface area contributed by atoms with E-state index in [2.05, 4.69) is 46.4 Å². The van der Waals surface area contributed by atoms with Gasteiger partial charge in [-0.25, -0.2) is 13.1 Å². The predicted molar refractivity (Wildman–Crippen MR) is 88.5 cm³/mol. The van der Waals surface area contributed by atoms with Gasteiger partial charge < -0.3 is 4.52 Å². The van der Waals surface area contributed by atoms with Crippen LogP contribution in [0.15, 0.2) is 41.1 Å². The van der Waals surface area contributed by atoms with Gasteiger partial charge in [-0.2, -0.15) is 0 Å². The maximum absolute atomic E-state index is 12.2. The molecule has 0 saturated carbocycles. The third-order valence-corrected chi connectivity index (χ3v) is 5.84. The van der Waals surface area contributed by atoms with Crippen LogP contribution in [0.25, 0.3) is 0 Å². The highest BCUT2D eigenvalue weighted by atomic mass is 32.2. The van der Waals surface area contributed by atoms with Crippen LogP contribution in [-0.2, 0) is 15.8 Å². The number of sulfonamides is 1. The lowest BCUT2D eigenvalue weighted by Crippen LogP contribution is -2.29. The van der Waals surface area contributed by atoms with E-state index in [1.54, 1.807) is 6.07 Å². The van der Waals surface area contributed by atoms with Crippen molar-refractivity contribution < 1.29 is 12.9 Å². The van der Waals surface area contributed by atoms with Crippen molar-refractivity contribution in [1.82, 2.24) is 9.88 Å². The molecule has 1 heterocycles. The highest BCUT2D eigenvalue weighted by Gasteiger charge is 2.32. The first-order valence-electron chi connectivity index (χ1n) is 7.91. The zero-order chi connectivity index (χ0) is 16.4. The van der Waals surface area contributed by atoms with Crippen molar-refractivity contribution in [2.75, 3.05) is 6.54 Å². The van der Waals surface area contributed by atoms with Crippen LogP contribution in [0.1, 0.15) is 48.9 Å². The first-order chi connectivity index (χ1) is 11.0. The van der Waals surface area contributed by atoms with Gasteiger partial charge in [0.05, 0.1) is 5.69 Å². The summed E-state index contributed by atoms with van der Waals surface area (Å²) in [5.74, 6) is 1.13. The zero-order valence-electron chi connectivity index (χ0n) is 13.4. The number of fused-ring (bicyclic) bond motifs is 1. The van der Waals surface area contributed by atoms with Crippen molar-refractivity contribution in [1.29, 1.82) is 0 Å². The fourth-order valence-electron chi connectivity index (χ4n) is 3.39. The van der Waals surface area contributed by atoms with Crippen LogP contribution in [0, 0.1) is 5.92 Å². The third kappa shape index (κ3) is 3.64. The van der Waals surface area contributed by atoms with Crippen LogP contribution in [0.5, 0.6) is 0 Å². The lowest BCUT2D eigenvalue weighted by atomic mass is 9.90. The number of hydrogen-bond donors (Lipinski definition) is 1. The quantitative estimate of drug-likeness (QED) is 0.881. The summed E-state index contributed by atoms with van der Waals surface area (Å²) < 4.78 is 31.8. The Morgan fingerprint density at radius 2 is 2.00 bits per heavy atom. The van der Waals surface area contributed by atoms with Gasteiger partial charge in [-0.05, 0) is 35.3 Å². The SMILES string of the molecule is CC(C)[C@@H]1C[C@@H](CNS(=O)(=O)Cc2ccon2)c2ccccc21. The number of nitrogens with one attached hydrogen (secondary N) is 1. The van der Waals surface area contributed by atoms with Crippen LogP contribution in [0.3, 0.4) is 0 Å². The molecule has 1 aliphatic rings. The molecular weight excluding hydrogens is 312 g/mol. The number of benzene rings is 1. The average molecular weight is 334 g/mol. The maximum Gasteiger partial charge on any atom is 0.217 e. The minimum absolute atomic E-state index is 0.147. The lowest BCUT2D eigenvalue weighted by Gasteiger charge is -2.16. The normalized spacial score (nSPS) is 20.8. The summed E-state index contributed by atoms with van der Waals surface area (Å²) in [6, 6.07) is 9.95. The Kier molecular flexibility index (Phi) is 4.55. The Morgan fingerprint density at radius 1 is 1.26 bits per heavy atom. The minimum Gasteiger partial charge on any atom is -0.364 e. The van der Waals surface area contributed by atoms with Crippen LogP contribution in [-0.4, -0.2) is 20.1 Å². The first-order valence-corrected chi connectivity index (χ1v) is 9.57. The summed E-state index contributed by atoms with van der Waals surface area (Å²) >= 11 is 0. The highest BCUT2D eigenvalue weighted by molar-refractivity contribution is 7.88. The Balaban J connectivity index is 1.69. The molecule has 2 atom stereocenters. The van der Waals surface area contributed by atoms with E-state index >= 15 is 0 Å². The van der Waals surface area contributed by atoms with E-state index in [0.29, 0.717) is 24.1 Å². The van der Waals surface area contributed by atoms with Gasteiger partial charge in [0, 0.05) is 12.6 Å². The van der Waals surface area contributed by atoms with E-state index in [-0.39, 0.29) is 11.7 Å². The second-order valence-corrected chi connectivity index (χ2v) is 8.32. The lowest BCUT2D eigenvalue weighted by molar-refractivity contribution is 0.413. The van der Waals surface area contributed by atoms with Crippen molar-refractivity contribution in [2.45, 2.75) is 37.9 Å². The molecule has 124 valence electrons. The zero-order valence-corrected chi connectivity index (χ0v) is 14.2. The molecule has 5 nitrogen and oxygen atoms in total. The molecule has 0 bridgehead atoms. The minimum atomic E-state index is -3.40. The van der Waals surface area contributed by atoms with Gasteiger partial charge in [0.25, 0.3) is 0 Å². The Hall–Kier alpha value is -1.66. The molecule has 1 aromatic heterocycles. The molecule has 6 heteroatoms. The third-order valence-electron chi connectivity index (χ3n) is 4.56. The topological polar surface area (TPSA) is 72.2 Å². The highest BCUT2D eigenvalue weighted by Crippen LogP contribution is 2.44. The fraction of sp³-hybridized carbons (Fsp3) is 0.471. The molecule has 0 aliphatic heterocycles. The summed E-state index contributed by atoms with van der Waals surface area (Å²) in [6.45, 7) is 4.87. The molecule has 0 radical (unpaired) electrons. The molecular formula is C17H22N2O3S. The van der Waals surface area contributed by atoms with Gasteiger partial charge in [0.2, 0.25) is 10.0 Å². The van der Waals surface area contributed by atoms with Crippen molar-refractivity contribution in [3.63, 3.8) is 0 Å². The summed E-state index contributed by atoms with van der Waals surface area (Å²) in [7, 11) is -3.40. The van der Waals surface area contributed by atoms with E-state index in [4.69, 9.17) is 0 Å². The maximum atomic E-state index is 12.2. The van der Waals surface area contributed by atoms with Gasteiger partial charge in [-0.3, -0.25) is 0 Å². The van der Waals surface area contributed by atoms with Gasteiger partial charge in [0.1, 0.15) is 12.0 Å². The van der Waals surface area contributed by atoms with Crippen molar-refractivity contribution in [3.8, 4) is 0 Å². The summed E-state index contributed by atoms with van der Waals surface area (Å²) in [5, 5.41) is 3.66. The monoisotopic (exact) mass is 334 g/mol. The summed E-state index contributed by atoms with van der Waals surface area (Å²) in [4.78, 5) is 0. The molecule has 0 saturated heterocycles. The molecule has 1 aromatic carbocycles.